The molecular weight excluding hydrogens is 317 g/mol. The maximum atomic E-state index is 14.1. The average Bonchev–Trinajstić information content (AvgIpc) is 3.05. The van der Waals surface area contributed by atoms with E-state index in [9.17, 15) is 14.0 Å². The number of benzene rings is 1. The van der Waals surface area contributed by atoms with Crippen LogP contribution in [0.2, 0.25) is 0 Å². The minimum atomic E-state index is -0.507. The van der Waals surface area contributed by atoms with E-state index in [0.717, 1.165) is 11.3 Å². The van der Waals surface area contributed by atoms with Crippen LogP contribution in [0.4, 0.5) is 15.2 Å². The summed E-state index contributed by atoms with van der Waals surface area (Å²) in [6.45, 7) is 3.80. The molecule has 1 aromatic heterocycles. The van der Waals surface area contributed by atoms with E-state index in [1.807, 2.05) is 12.3 Å². The molecule has 0 spiro atoms. The minimum absolute atomic E-state index is 0.0729. The lowest BCUT2D eigenvalue weighted by atomic mass is 10.1. The highest BCUT2D eigenvalue weighted by Gasteiger charge is 2.36. The molecule has 0 saturated carbocycles. The monoisotopic (exact) mass is 333 g/mol. The fraction of sp³-hybridized carbons (Fsp3) is 0.312. The largest absolute Gasteiger partial charge is 0.309 e. The summed E-state index contributed by atoms with van der Waals surface area (Å²) in [7, 11) is 0. The molecule has 1 aromatic carbocycles. The number of rotatable bonds is 3. The van der Waals surface area contributed by atoms with Gasteiger partial charge in [0.2, 0.25) is 11.8 Å². The average molecular weight is 333 g/mol. The van der Waals surface area contributed by atoms with Crippen LogP contribution in [0.1, 0.15) is 17.7 Å². The van der Waals surface area contributed by atoms with Crippen molar-refractivity contribution < 1.29 is 14.0 Å². The smallest absolute Gasteiger partial charge is 0.231 e. The fourth-order valence-electron chi connectivity index (χ4n) is 2.57. The summed E-state index contributed by atoms with van der Waals surface area (Å²) in [5.74, 6) is -1.46. The lowest BCUT2D eigenvalue weighted by Crippen LogP contribution is -2.28. The maximum Gasteiger partial charge on any atom is 0.231 e. The van der Waals surface area contributed by atoms with Crippen molar-refractivity contribution in [2.45, 2.75) is 20.3 Å². The summed E-state index contributed by atoms with van der Waals surface area (Å²) in [4.78, 5) is 29.9. The lowest BCUT2D eigenvalue weighted by molar-refractivity contribution is -0.122. The molecule has 0 aliphatic carbocycles. The summed E-state index contributed by atoms with van der Waals surface area (Å²) < 4.78 is 14.1. The van der Waals surface area contributed by atoms with Gasteiger partial charge in [-0.1, -0.05) is 6.07 Å². The van der Waals surface area contributed by atoms with Crippen LogP contribution in [-0.4, -0.2) is 23.3 Å². The van der Waals surface area contributed by atoms with E-state index in [1.165, 1.54) is 22.3 Å². The Morgan fingerprint density at radius 3 is 2.87 bits per heavy atom. The number of thiazole rings is 1. The highest BCUT2D eigenvalue weighted by atomic mass is 32.1. The maximum absolute atomic E-state index is 14.1. The minimum Gasteiger partial charge on any atom is -0.309 e. The van der Waals surface area contributed by atoms with Crippen molar-refractivity contribution in [2.24, 2.45) is 5.92 Å². The van der Waals surface area contributed by atoms with Gasteiger partial charge >= 0.3 is 0 Å². The first-order valence-electron chi connectivity index (χ1n) is 7.23. The number of carbonyl (C=O) groups is 2. The quantitative estimate of drug-likeness (QED) is 0.939. The third kappa shape index (κ3) is 3.24. The lowest BCUT2D eigenvalue weighted by Gasteiger charge is -2.17. The second-order valence-corrected chi connectivity index (χ2v) is 6.50. The van der Waals surface area contributed by atoms with Gasteiger partial charge in [0.05, 0.1) is 17.3 Å². The van der Waals surface area contributed by atoms with Crippen molar-refractivity contribution in [3.63, 3.8) is 0 Å². The van der Waals surface area contributed by atoms with Crippen molar-refractivity contribution in [3.8, 4) is 0 Å². The molecule has 1 N–H and O–H groups in total. The van der Waals surface area contributed by atoms with Crippen LogP contribution in [0, 0.1) is 25.6 Å². The predicted molar refractivity (Wildman–Crippen MR) is 87.1 cm³/mol. The highest BCUT2D eigenvalue weighted by molar-refractivity contribution is 7.13. The Hall–Kier alpha value is -2.28. The van der Waals surface area contributed by atoms with Gasteiger partial charge in [0.15, 0.2) is 5.13 Å². The standard InChI is InChI=1S/C16H16FN3O2S/c1-9-3-4-13(12(17)5-9)20-7-11(6-14(20)21)15(22)19-16-18-10(2)8-23-16/h3-5,8,11H,6-7H2,1-2H3,(H,18,19,22)/t11-/m0/s1. The number of carbonyl (C=O) groups excluding carboxylic acids is 2. The number of halogens is 1. The van der Waals surface area contributed by atoms with Crippen molar-refractivity contribution in [2.75, 3.05) is 16.8 Å². The van der Waals surface area contributed by atoms with Crippen LogP contribution in [0.25, 0.3) is 0 Å². The van der Waals surface area contributed by atoms with Gasteiger partial charge in [-0.3, -0.25) is 9.59 Å². The van der Waals surface area contributed by atoms with E-state index in [4.69, 9.17) is 0 Å². The summed E-state index contributed by atoms with van der Waals surface area (Å²) >= 11 is 1.34. The zero-order valence-corrected chi connectivity index (χ0v) is 13.6. The third-order valence-electron chi connectivity index (χ3n) is 3.74. The third-order valence-corrected chi connectivity index (χ3v) is 4.61. The van der Waals surface area contributed by atoms with Gasteiger partial charge in [0, 0.05) is 18.3 Å². The molecule has 1 saturated heterocycles. The van der Waals surface area contributed by atoms with E-state index in [2.05, 4.69) is 10.3 Å². The summed E-state index contributed by atoms with van der Waals surface area (Å²) in [5, 5.41) is 5.07. The van der Waals surface area contributed by atoms with Gasteiger partial charge in [0.1, 0.15) is 5.82 Å². The summed E-state index contributed by atoms with van der Waals surface area (Å²) in [6.07, 6.45) is 0.0729. The molecule has 1 aliphatic heterocycles. The predicted octanol–water partition coefficient (Wildman–Crippen LogP) is 2.89. The number of nitrogens with one attached hydrogen (secondary N) is 1. The number of nitrogens with zero attached hydrogens (tertiary/aromatic N) is 2. The Bertz CT molecular complexity index is 774. The van der Waals surface area contributed by atoms with Crippen LogP contribution < -0.4 is 10.2 Å². The van der Waals surface area contributed by atoms with Crippen LogP contribution in [0.15, 0.2) is 23.6 Å². The molecule has 0 bridgehead atoms. The molecule has 1 aliphatic rings. The zero-order chi connectivity index (χ0) is 16.6. The molecule has 5 nitrogen and oxygen atoms in total. The highest BCUT2D eigenvalue weighted by Crippen LogP contribution is 2.29. The fourth-order valence-corrected chi connectivity index (χ4v) is 3.26. The molecule has 0 unspecified atom stereocenters. The Kier molecular flexibility index (Phi) is 4.12. The summed E-state index contributed by atoms with van der Waals surface area (Å²) in [5.41, 5.74) is 1.84. The van der Waals surface area contributed by atoms with Crippen molar-refractivity contribution >= 4 is 34.0 Å². The van der Waals surface area contributed by atoms with Crippen molar-refractivity contribution in [1.82, 2.24) is 4.98 Å². The molecular formula is C16H16FN3O2S. The zero-order valence-electron chi connectivity index (χ0n) is 12.8. The van der Waals surface area contributed by atoms with Gasteiger partial charge in [-0.15, -0.1) is 11.3 Å². The van der Waals surface area contributed by atoms with Gasteiger partial charge < -0.3 is 10.2 Å². The first kappa shape index (κ1) is 15.6. The summed E-state index contributed by atoms with van der Waals surface area (Å²) in [6, 6.07) is 4.71. The molecule has 2 aromatic rings. The van der Waals surface area contributed by atoms with Crippen LogP contribution >= 0.6 is 11.3 Å². The Labute approximate surface area is 137 Å². The van der Waals surface area contributed by atoms with E-state index in [1.54, 1.807) is 19.1 Å². The molecule has 7 heteroatoms. The van der Waals surface area contributed by atoms with Gasteiger partial charge in [-0.2, -0.15) is 0 Å². The van der Waals surface area contributed by atoms with E-state index >= 15 is 0 Å². The first-order chi connectivity index (χ1) is 10.9. The topological polar surface area (TPSA) is 62.3 Å². The molecule has 1 atom stereocenters. The number of hydrogen-bond donors (Lipinski definition) is 1. The molecule has 2 amide bonds. The number of amides is 2. The van der Waals surface area contributed by atoms with Gasteiger partial charge in [-0.25, -0.2) is 9.37 Å². The van der Waals surface area contributed by atoms with E-state index in [-0.39, 0.29) is 30.5 Å². The second-order valence-electron chi connectivity index (χ2n) is 5.64. The van der Waals surface area contributed by atoms with Gasteiger partial charge in [-0.05, 0) is 31.5 Å². The number of aryl methyl sites for hydroxylation is 2. The molecule has 0 radical (unpaired) electrons. The second kappa shape index (κ2) is 6.08. The molecule has 1 fully saturated rings. The molecule has 120 valence electrons. The van der Waals surface area contributed by atoms with Gasteiger partial charge in [0.25, 0.3) is 0 Å². The molecule has 23 heavy (non-hydrogen) atoms. The Balaban J connectivity index is 1.73. The van der Waals surface area contributed by atoms with E-state index in [0.29, 0.717) is 5.13 Å². The van der Waals surface area contributed by atoms with Crippen LogP contribution in [0.3, 0.4) is 0 Å². The number of hydrogen-bond acceptors (Lipinski definition) is 4. The Morgan fingerprint density at radius 2 is 2.22 bits per heavy atom. The normalized spacial score (nSPS) is 17.6. The number of aromatic nitrogens is 1. The van der Waals surface area contributed by atoms with Crippen molar-refractivity contribution in [1.29, 1.82) is 0 Å². The molecule has 2 heterocycles. The van der Waals surface area contributed by atoms with Crippen molar-refractivity contribution in [3.05, 3.63) is 40.7 Å². The molecule has 3 rings (SSSR count). The SMILES string of the molecule is Cc1ccc(N2C[C@@H](C(=O)Nc3nc(C)cs3)CC2=O)c(F)c1. The first-order valence-corrected chi connectivity index (χ1v) is 8.11. The van der Waals surface area contributed by atoms with E-state index < -0.39 is 11.7 Å². The Morgan fingerprint density at radius 1 is 1.43 bits per heavy atom. The number of anilines is 2. The van der Waals surface area contributed by atoms with Crippen LogP contribution in [-0.2, 0) is 9.59 Å². The van der Waals surface area contributed by atoms with Crippen LogP contribution in [0.5, 0.6) is 0 Å².